The third-order valence-electron chi connectivity index (χ3n) is 3.76. The third kappa shape index (κ3) is 2.76. The van der Waals surface area contributed by atoms with E-state index in [9.17, 15) is 0 Å². The van der Waals surface area contributed by atoms with Crippen LogP contribution < -0.4 is 11.3 Å². The van der Waals surface area contributed by atoms with Crippen molar-refractivity contribution in [1.29, 1.82) is 0 Å². The SMILES string of the molecule is C[C@@H]1CCC[C@H](C)N1Cc1cccnc1NN. The van der Waals surface area contributed by atoms with E-state index in [1.165, 1.54) is 24.8 Å². The van der Waals surface area contributed by atoms with E-state index in [1.54, 1.807) is 6.20 Å². The van der Waals surface area contributed by atoms with Gasteiger partial charge >= 0.3 is 0 Å². The second-order valence-electron chi connectivity index (χ2n) is 4.96. The van der Waals surface area contributed by atoms with Crippen molar-refractivity contribution < 1.29 is 0 Å². The maximum atomic E-state index is 5.49. The van der Waals surface area contributed by atoms with Crippen molar-refractivity contribution in [3.8, 4) is 0 Å². The number of nitrogens with two attached hydrogens (primary N) is 1. The molecule has 3 N–H and O–H groups in total. The van der Waals surface area contributed by atoms with Gasteiger partial charge in [0.2, 0.25) is 0 Å². The molecule has 2 atom stereocenters. The molecule has 0 saturated carbocycles. The van der Waals surface area contributed by atoms with Crippen LogP contribution in [0.2, 0.25) is 0 Å². The monoisotopic (exact) mass is 234 g/mol. The van der Waals surface area contributed by atoms with Crippen molar-refractivity contribution in [3.63, 3.8) is 0 Å². The number of pyridine rings is 1. The van der Waals surface area contributed by atoms with Crippen LogP contribution in [0.1, 0.15) is 38.7 Å². The van der Waals surface area contributed by atoms with E-state index in [0.29, 0.717) is 12.1 Å². The average Bonchev–Trinajstić information content (AvgIpc) is 2.34. The zero-order chi connectivity index (χ0) is 12.3. The van der Waals surface area contributed by atoms with Gasteiger partial charge in [-0.15, -0.1) is 0 Å². The Balaban J connectivity index is 2.13. The highest BCUT2D eigenvalue weighted by Crippen LogP contribution is 2.25. The highest BCUT2D eigenvalue weighted by atomic mass is 15.3. The summed E-state index contributed by atoms with van der Waals surface area (Å²) in [7, 11) is 0. The van der Waals surface area contributed by atoms with Crippen molar-refractivity contribution in [2.75, 3.05) is 5.43 Å². The molecule has 0 spiro atoms. The minimum atomic E-state index is 0.643. The maximum absolute atomic E-state index is 5.49. The van der Waals surface area contributed by atoms with Crippen molar-refractivity contribution in [3.05, 3.63) is 23.9 Å². The summed E-state index contributed by atoms with van der Waals surface area (Å²) in [5, 5.41) is 0. The zero-order valence-corrected chi connectivity index (χ0v) is 10.7. The fraction of sp³-hybridized carbons (Fsp3) is 0.615. The van der Waals surface area contributed by atoms with E-state index < -0.39 is 0 Å². The Hall–Kier alpha value is -1.13. The van der Waals surface area contributed by atoms with Gasteiger partial charge in [0.25, 0.3) is 0 Å². The first-order chi connectivity index (χ1) is 8.22. The van der Waals surface area contributed by atoms with Gasteiger partial charge in [-0.05, 0) is 32.8 Å². The molecule has 1 aliphatic heterocycles. The van der Waals surface area contributed by atoms with E-state index in [4.69, 9.17) is 5.84 Å². The van der Waals surface area contributed by atoms with Crippen LogP contribution in [0.3, 0.4) is 0 Å². The number of anilines is 1. The second-order valence-corrected chi connectivity index (χ2v) is 4.96. The summed E-state index contributed by atoms with van der Waals surface area (Å²) >= 11 is 0. The second kappa shape index (κ2) is 5.47. The minimum Gasteiger partial charge on any atom is -0.308 e. The lowest BCUT2D eigenvalue weighted by Crippen LogP contribution is -2.43. The summed E-state index contributed by atoms with van der Waals surface area (Å²) < 4.78 is 0. The van der Waals surface area contributed by atoms with E-state index in [2.05, 4.69) is 35.2 Å². The van der Waals surface area contributed by atoms with Gasteiger partial charge in [0.05, 0.1) is 0 Å². The molecule has 0 radical (unpaired) electrons. The fourth-order valence-corrected chi connectivity index (χ4v) is 2.68. The van der Waals surface area contributed by atoms with Gasteiger partial charge in [0.1, 0.15) is 5.82 Å². The summed E-state index contributed by atoms with van der Waals surface area (Å²) in [5.41, 5.74) is 3.85. The highest BCUT2D eigenvalue weighted by molar-refractivity contribution is 5.42. The Bertz CT molecular complexity index is 356. The summed E-state index contributed by atoms with van der Waals surface area (Å²) in [6, 6.07) is 5.35. The van der Waals surface area contributed by atoms with Gasteiger partial charge in [-0.3, -0.25) is 4.90 Å². The van der Waals surface area contributed by atoms with Crippen molar-refractivity contribution >= 4 is 5.82 Å². The van der Waals surface area contributed by atoms with Gasteiger partial charge in [-0.25, -0.2) is 10.8 Å². The molecular weight excluding hydrogens is 212 g/mol. The molecule has 0 aliphatic carbocycles. The number of nitrogens with zero attached hydrogens (tertiary/aromatic N) is 2. The van der Waals surface area contributed by atoms with Gasteiger partial charge in [-0.2, -0.15) is 0 Å². The molecule has 1 saturated heterocycles. The summed E-state index contributed by atoms with van der Waals surface area (Å²) in [6.45, 7) is 5.54. The number of likely N-dealkylation sites (tertiary alicyclic amines) is 1. The standard InChI is InChI=1S/C13H22N4/c1-10-5-3-6-11(2)17(10)9-12-7-4-8-15-13(12)16-14/h4,7-8,10-11H,3,5-6,9,14H2,1-2H3,(H,15,16)/t10-,11+. The molecule has 1 fully saturated rings. The number of piperidine rings is 1. The van der Waals surface area contributed by atoms with Crippen LogP contribution in [0.4, 0.5) is 5.82 Å². The Kier molecular flexibility index (Phi) is 3.97. The van der Waals surface area contributed by atoms with Crippen LogP contribution in [0.15, 0.2) is 18.3 Å². The molecule has 4 heteroatoms. The van der Waals surface area contributed by atoms with Crippen LogP contribution in [0.25, 0.3) is 0 Å². The van der Waals surface area contributed by atoms with Gasteiger partial charge in [-0.1, -0.05) is 12.5 Å². The molecule has 1 aromatic rings. The molecule has 1 aliphatic rings. The predicted octanol–water partition coefficient (Wildman–Crippen LogP) is 2.13. The lowest BCUT2D eigenvalue weighted by atomic mass is 9.97. The van der Waals surface area contributed by atoms with Crippen molar-refractivity contribution in [2.45, 2.75) is 51.7 Å². The van der Waals surface area contributed by atoms with Crippen molar-refractivity contribution in [1.82, 2.24) is 9.88 Å². The van der Waals surface area contributed by atoms with Crippen LogP contribution >= 0.6 is 0 Å². The molecule has 17 heavy (non-hydrogen) atoms. The Morgan fingerprint density at radius 1 is 1.41 bits per heavy atom. The van der Waals surface area contributed by atoms with Crippen LogP contribution in [0.5, 0.6) is 0 Å². The fourth-order valence-electron chi connectivity index (χ4n) is 2.68. The third-order valence-corrected chi connectivity index (χ3v) is 3.76. The first-order valence-electron chi connectivity index (χ1n) is 6.38. The predicted molar refractivity (Wildman–Crippen MR) is 70.4 cm³/mol. The lowest BCUT2D eigenvalue weighted by Gasteiger charge is -2.39. The number of rotatable bonds is 3. The van der Waals surface area contributed by atoms with Crippen LogP contribution in [-0.2, 0) is 6.54 Å². The number of hydrazine groups is 1. The highest BCUT2D eigenvalue weighted by Gasteiger charge is 2.25. The Morgan fingerprint density at radius 2 is 2.12 bits per heavy atom. The molecule has 0 bridgehead atoms. The number of nitrogen functional groups attached to an aromatic ring is 1. The Morgan fingerprint density at radius 3 is 2.76 bits per heavy atom. The molecule has 0 aromatic carbocycles. The quantitative estimate of drug-likeness (QED) is 0.621. The van der Waals surface area contributed by atoms with E-state index >= 15 is 0 Å². The normalized spacial score (nSPS) is 25.8. The molecule has 1 aromatic heterocycles. The molecule has 4 nitrogen and oxygen atoms in total. The molecule has 2 heterocycles. The number of nitrogens with one attached hydrogen (secondary N) is 1. The topological polar surface area (TPSA) is 54.2 Å². The summed E-state index contributed by atoms with van der Waals surface area (Å²) in [4.78, 5) is 6.79. The summed E-state index contributed by atoms with van der Waals surface area (Å²) in [6.07, 6.45) is 5.68. The molecule has 2 rings (SSSR count). The van der Waals surface area contributed by atoms with Gasteiger partial charge in [0, 0.05) is 30.4 Å². The van der Waals surface area contributed by atoms with E-state index in [0.717, 1.165) is 12.4 Å². The molecule has 0 amide bonds. The maximum Gasteiger partial charge on any atom is 0.144 e. The number of aromatic nitrogens is 1. The lowest BCUT2D eigenvalue weighted by molar-refractivity contribution is 0.0954. The largest absolute Gasteiger partial charge is 0.308 e. The van der Waals surface area contributed by atoms with E-state index in [1.807, 2.05) is 6.07 Å². The average molecular weight is 234 g/mol. The van der Waals surface area contributed by atoms with E-state index in [-0.39, 0.29) is 0 Å². The Labute approximate surface area is 103 Å². The van der Waals surface area contributed by atoms with Crippen LogP contribution in [-0.4, -0.2) is 22.0 Å². The van der Waals surface area contributed by atoms with Crippen molar-refractivity contribution in [2.24, 2.45) is 5.84 Å². The molecular formula is C13H22N4. The van der Waals surface area contributed by atoms with Gasteiger partial charge in [0.15, 0.2) is 0 Å². The van der Waals surface area contributed by atoms with Crippen LogP contribution in [0, 0.1) is 0 Å². The summed E-state index contributed by atoms with van der Waals surface area (Å²) in [5.74, 6) is 6.28. The molecule has 0 unspecified atom stereocenters. The smallest absolute Gasteiger partial charge is 0.144 e. The number of hydrogen-bond acceptors (Lipinski definition) is 4. The minimum absolute atomic E-state index is 0.643. The first-order valence-corrected chi connectivity index (χ1v) is 6.38. The van der Waals surface area contributed by atoms with Gasteiger partial charge < -0.3 is 5.43 Å². The zero-order valence-electron chi connectivity index (χ0n) is 10.7. The first kappa shape index (κ1) is 12.3. The number of hydrogen-bond donors (Lipinski definition) is 2. The molecule has 94 valence electrons.